The summed E-state index contributed by atoms with van der Waals surface area (Å²) in [4.78, 5) is 12.0. The molecule has 1 aromatic heterocycles. The van der Waals surface area contributed by atoms with Crippen LogP contribution in [-0.2, 0) is 5.41 Å². The molecule has 0 aliphatic rings. The van der Waals surface area contributed by atoms with E-state index in [1.807, 2.05) is 12.1 Å². The molecule has 1 atom stereocenters. The third kappa shape index (κ3) is 3.95. The van der Waals surface area contributed by atoms with Crippen molar-refractivity contribution in [3.63, 3.8) is 0 Å². The molecule has 1 aromatic carbocycles. The summed E-state index contributed by atoms with van der Waals surface area (Å²) < 4.78 is 4.90. The first-order valence-electron chi connectivity index (χ1n) is 6.97. The summed E-state index contributed by atoms with van der Waals surface area (Å²) in [5.74, 6) is -0.196. The number of carbonyl (C=O) groups excluding carboxylic acids is 1. The number of furan rings is 1. The monoisotopic (exact) mass is 287 g/mol. The van der Waals surface area contributed by atoms with Gasteiger partial charge in [0, 0.05) is 17.7 Å². The van der Waals surface area contributed by atoms with Crippen molar-refractivity contribution in [2.24, 2.45) is 0 Å². The van der Waals surface area contributed by atoms with E-state index in [0.717, 1.165) is 0 Å². The number of amides is 1. The van der Waals surface area contributed by atoms with E-state index in [2.05, 4.69) is 26.1 Å². The van der Waals surface area contributed by atoms with Crippen molar-refractivity contribution < 1.29 is 14.3 Å². The Labute approximate surface area is 124 Å². The van der Waals surface area contributed by atoms with Crippen LogP contribution in [0.3, 0.4) is 0 Å². The molecule has 2 N–H and O–H groups in total. The summed E-state index contributed by atoms with van der Waals surface area (Å²) in [5.41, 5.74) is 2.48. The van der Waals surface area contributed by atoms with Crippen LogP contribution in [0.15, 0.2) is 47.3 Å². The number of aliphatic hydroxyl groups excluding tert-OH is 1. The minimum absolute atomic E-state index is 0.0620. The molecule has 0 fully saturated rings. The highest BCUT2D eigenvalue weighted by molar-refractivity contribution is 5.94. The van der Waals surface area contributed by atoms with Gasteiger partial charge in [-0.25, -0.2) is 0 Å². The SMILES string of the molecule is CC(C)(C)c1ccc(C(=O)NCC(O)c2ccoc2)cc1. The number of benzene rings is 1. The Balaban J connectivity index is 1.94. The second-order valence-corrected chi connectivity index (χ2v) is 6.11. The van der Waals surface area contributed by atoms with E-state index in [1.54, 1.807) is 18.2 Å². The first kappa shape index (κ1) is 15.3. The lowest BCUT2D eigenvalue weighted by Gasteiger charge is -2.19. The van der Waals surface area contributed by atoms with Crippen molar-refractivity contribution >= 4 is 5.91 Å². The van der Waals surface area contributed by atoms with Gasteiger partial charge in [-0.2, -0.15) is 0 Å². The van der Waals surface area contributed by atoms with E-state index >= 15 is 0 Å². The van der Waals surface area contributed by atoms with Crippen LogP contribution in [0.1, 0.15) is 48.4 Å². The molecule has 0 saturated heterocycles. The number of rotatable bonds is 4. The molecule has 2 rings (SSSR count). The molecule has 1 amide bonds. The average Bonchev–Trinajstić information content (AvgIpc) is 2.98. The topological polar surface area (TPSA) is 62.5 Å². The minimum atomic E-state index is -0.762. The predicted octanol–water partition coefficient (Wildman–Crippen LogP) is 3.04. The summed E-state index contributed by atoms with van der Waals surface area (Å²) in [6, 6.07) is 9.21. The summed E-state index contributed by atoms with van der Waals surface area (Å²) >= 11 is 0. The Bertz CT molecular complexity index is 579. The summed E-state index contributed by atoms with van der Waals surface area (Å²) in [6.45, 7) is 6.54. The average molecular weight is 287 g/mol. The van der Waals surface area contributed by atoms with E-state index < -0.39 is 6.10 Å². The van der Waals surface area contributed by atoms with Gasteiger partial charge in [-0.3, -0.25) is 4.79 Å². The molecule has 4 heteroatoms. The smallest absolute Gasteiger partial charge is 0.251 e. The quantitative estimate of drug-likeness (QED) is 0.908. The maximum absolute atomic E-state index is 12.0. The van der Waals surface area contributed by atoms with Gasteiger partial charge in [0.25, 0.3) is 5.91 Å². The van der Waals surface area contributed by atoms with Crippen LogP contribution in [0, 0.1) is 0 Å². The molecule has 0 radical (unpaired) electrons. The lowest BCUT2D eigenvalue weighted by Crippen LogP contribution is -2.28. The van der Waals surface area contributed by atoms with Crippen molar-refractivity contribution in [2.45, 2.75) is 32.3 Å². The molecule has 4 nitrogen and oxygen atoms in total. The van der Waals surface area contributed by atoms with E-state index in [1.165, 1.54) is 18.1 Å². The van der Waals surface area contributed by atoms with Crippen LogP contribution >= 0.6 is 0 Å². The second-order valence-electron chi connectivity index (χ2n) is 6.11. The van der Waals surface area contributed by atoms with Crippen LogP contribution in [0.25, 0.3) is 0 Å². The first-order valence-corrected chi connectivity index (χ1v) is 6.97. The van der Waals surface area contributed by atoms with E-state index in [-0.39, 0.29) is 17.9 Å². The predicted molar refractivity (Wildman–Crippen MR) is 81.1 cm³/mol. The Hall–Kier alpha value is -2.07. The van der Waals surface area contributed by atoms with Crippen molar-refractivity contribution in [3.05, 3.63) is 59.5 Å². The highest BCUT2D eigenvalue weighted by Crippen LogP contribution is 2.22. The molecule has 0 spiro atoms. The largest absolute Gasteiger partial charge is 0.472 e. The van der Waals surface area contributed by atoms with E-state index in [4.69, 9.17) is 4.42 Å². The molecule has 21 heavy (non-hydrogen) atoms. The van der Waals surface area contributed by atoms with Gasteiger partial charge < -0.3 is 14.8 Å². The van der Waals surface area contributed by atoms with Gasteiger partial charge in [-0.1, -0.05) is 32.9 Å². The highest BCUT2D eigenvalue weighted by atomic mass is 16.3. The number of carbonyl (C=O) groups is 1. The van der Waals surface area contributed by atoms with Gasteiger partial charge >= 0.3 is 0 Å². The molecule has 1 unspecified atom stereocenters. The fourth-order valence-electron chi connectivity index (χ4n) is 2.00. The molecule has 1 heterocycles. The van der Waals surface area contributed by atoms with Gasteiger partial charge in [0.2, 0.25) is 0 Å². The van der Waals surface area contributed by atoms with Gasteiger partial charge in [0.15, 0.2) is 0 Å². The second kappa shape index (κ2) is 6.14. The molecule has 0 saturated carbocycles. The molecule has 112 valence electrons. The molecule has 0 aliphatic carbocycles. The van der Waals surface area contributed by atoms with Crippen LogP contribution in [-0.4, -0.2) is 17.6 Å². The Kier molecular flexibility index (Phi) is 4.48. The normalized spacial score (nSPS) is 13.0. The van der Waals surface area contributed by atoms with Crippen molar-refractivity contribution in [3.8, 4) is 0 Å². The zero-order valence-corrected chi connectivity index (χ0v) is 12.6. The van der Waals surface area contributed by atoms with Crippen LogP contribution < -0.4 is 5.32 Å². The van der Waals surface area contributed by atoms with Crippen molar-refractivity contribution in [1.29, 1.82) is 0 Å². The Morgan fingerprint density at radius 3 is 2.43 bits per heavy atom. The Morgan fingerprint density at radius 1 is 1.24 bits per heavy atom. The lowest BCUT2D eigenvalue weighted by molar-refractivity contribution is 0.0916. The number of nitrogens with one attached hydrogen (secondary N) is 1. The third-order valence-electron chi connectivity index (χ3n) is 3.40. The van der Waals surface area contributed by atoms with Crippen LogP contribution in [0.4, 0.5) is 0 Å². The molecule has 0 bridgehead atoms. The van der Waals surface area contributed by atoms with Gasteiger partial charge in [-0.15, -0.1) is 0 Å². The van der Waals surface area contributed by atoms with Gasteiger partial charge in [-0.05, 0) is 29.2 Å². The van der Waals surface area contributed by atoms with E-state index in [0.29, 0.717) is 11.1 Å². The van der Waals surface area contributed by atoms with Gasteiger partial charge in [0.05, 0.1) is 18.6 Å². The van der Waals surface area contributed by atoms with Crippen molar-refractivity contribution in [2.75, 3.05) is 6.54 Å². The molecular weight excluding hydrogens is 266 g/mol. The van der Waals surface area contributed by atoms with Gasteiger partial charge in [0.1, 0.15) is 0 Å². The maximum atomic E-state index is 12.0. The Morgan fingerprint density at radius 2 is 1.90 bits per heavy atom. The number of aliphatic hydroxyl groups is 1. The molecular formula is C17H21NO3. The number of hydrogen-bond donors (Lipinski definition) is 2. The minimum Gasteiger partial charge on any atom is -0.472 e. The van der Waals surface area contributed by atoms with Crippen LogP contribution in [0.2, 0.25) is 0 Å². The summed E-state index contributed by atoms with van der Waals surface area (Å²) in [6.07, 6.45) is 2.20. The maximum Gasteiger partial charge on any atom is 0.251 e. The molecule has 0 aliphatic heterocycles. The lowest BCUT2D eigenvalue weighted by atomic mass is 9.87. The highest BCUT2D eigenvalue weighted by Gasteiger charge is 2.15. The number of hydrogen-bond acceptors (Lipinski definition) is 3. The van der Waals surface area contributed by atoms with E-state index in [9.17, 15) is 9.90 Å². The zero-order valence-electron chi connectivity index (χ0n) is 12.6. The fourth-order valence-corrected chi connectivity index (χ4v) is 2.00. The standard InChI is InChI=1S/C17H21NO3/c1-17(2,3)14-6-4-12(5-7-14)16(20)18-10-15(19)13-8-9-21-11-13/h4-9,11,15,19H,10H2,1-3H3,(H,18,20). The molecule has 2 aromatic rings. The summed E-state index contributed by atoms with van der Waals surface area (Å²) in [7, 11) is 0. The zero-order chi connectivity index (χ0) is 15.5. The van der Waals surface area contributed by atoms with Crippen LogP contribution in [0.5, 0.6) is 0 Å². The van der Waals surface area contributed by atoms with Crippen molar-refractivity contribution in [1.82, 2.24) is 5.32 Å². The summed E-state index contributed by atoms with van der Waals surface area (Å²) in [5, 5.41) is 12.6. The third-order valence-corrected chi connectivity index (χ3v) is 3.40. The fraction of sp³-hybridized carbons (Fsp3) is 0.353. The first-order chi connectivity index (χ1) is 9.88.